The number of nitrogens with one attached hydrogen (secondary N) is 1. The third kappa shape index (κ3) is 4.97. The second kappa shape index (κ2) is 7.59. The van der Waals surface area contributed by atoms with E-state index in [4.69, 9.17) is 0 Å². The van der Waals surface area contributed by atoms with Crippen molar-refractivity contribution < 1.29 is 13.5 Å². The Hall–Kier alpha value is -1.95. The maximum absolute atomic E-state index is 12.0. The molecule has 0 atom stereocenters. The molecule has 1 aromatic carbocycles. The summed E-state index contributed by atoms with van der Waals surface area (Å²) < 4.78 is 30.1. The van der Waals surface area contributed by atoms with Gasteiger partial charge in [-0.15, -0.1) is 0 Å². The number of aryl methyl sites for hydroxylation is 1. The highest BCUT2D eigenvalue weighted by Crippen LogP contribution is 2.14. The number of ether oxygens (including phenoxy) is 1. The lowest BCUT2D eigenvalue weighted by Gasteiger charge is -2.07. The summed E-state index contributed by atoms with van der Waals surface area (Å²) in [6.45, 7) is -0.328. The molecule has 2 rings (SSSR count). The van der Waals surface area contributed by atoms with E-state index in [1.165, 1.54) is 0 Å². The van der Waals surface area contributed by atoms with Crippen molar-refractivity contribution in [2.45, 2.75) is 26.1 Å². The molecule has 0 saturated carbocycles. The Labute approximate surface area is 116 Å². The molecule has 0 amide bonds. The summed E-state index contributed by atoms with van der Waals surface area (Å²) in [5, 5.41) is 7.41. The predicted octanol–water partition coefficient (Wildman–Crippen LogP) is 2.66. The maximum Gasteiger partial charge on any atom is 0.387 e. The van der Waals surface area contributed by atoms with E-state index in [0.717, 1.165) is 25.1 Å². The van der Waals surface area contributed by atoms with Gasteiger partial charge in [0.2, 0.25) is 0 Å². The van der Waals surface area contributed by atoms with Gasteiger partial charge in [0.15, 0.2) is 0 Å². The van der Waals surface area contributed by atoms with Gasteiger partial charge in [0.05, 0.1) is 0 Å². The maximum atomic E-state index is 12.0. The molecule has 6 heteroatoms. The Morgan fingerprint density at radius 2 is 2.05 bits per heavy atom. The predicted molar refractivity (Wildman–Crippen MR) is 71.6 cm³/mol. The summed E-state index contributed by atoms with van der Waals surface area (Å²) >= 11 is 0. The molecule has 0 radical (unpaired) electrons. The minimum absolute atomic E-state index is 0.183. The first kappa shape index (κ1) is 14.5. The van der Waals surface area contributed by atoms with E-state index in [0.29, 0.717) is 6.54 Å². The zero-order chi connectivity index (χ0) is 14.2. The molecule has 0 unspecified atom stereocenters. The van der Waals surface area contributed by atoms with Crippen LogP contribution in [0.15, 0.2) is 42.7 Å². The van der Waals surface area contributed by atoms with Gasteiger partial charge >= 0.3 is 6.61 Å². The lowest BCUT2D eigenvalue weighted by Crippen LogP contribution is -2.16. The Morgan fingerprint density at radius 3 is 2.70 bits per heavy atom. The Bertz CT molecular complexity index is 486. The normalized spacial score (nSPS) is 10.9. The lowest BCUT2D eigenvalue weighted by molar-refractivity contribution is -0.0498. The third-order valence-corrected chi connectivity index (χ3v) is 2.78. The molecular weight excluding hydrogens is 264 g/mol. The van der Waals surface area contributed by atoms with Gasteiger partial charge in [-0.3, -0.25) is 4.68 Å². The first-order chi connectivity index (χ1) is 9.74. The molecule has 0 saturated heterocycles. The van der Waals surface area contributed by atoms with Crippen LogP contribution in [0.3, 0.4) is 0 Å². The van der Waals surface area contributed by atoms with Gasteiger partial charge in [0.1, 0.15) is 5.75 Å². The molecule has 0 aliphatic carbocycles. The van der Waals surface area contributed by atoms with E-state index in [2.05, 4.69) is 15.2 Å². The van der Waals surface area contributed by atoms with Crippen molar-refractivity contribution in [2.75, 3.05) is 6.54 Å². The van der Waals surface area contributed by atoms with Crippen molar-refractivity contribution in [3.8, 4) is 5.75 Å². The second-order valence-corrected chi connectivity index (χ2v) is 4.32. The van der Waals surface area contributed by atoms with Crippen LogP contribution >= 0.6 is 0 Å². The van der Waals surface area contributed by atoms with Gasteiger partial charge in [-0.1, -0.05) is 12.1 Å². The quantitative estimate of drug-likeness (QED) is 0.756. The molecule has 0 spiro atoms. The molecular formula is C14H17F2N3O. The van der Waals surface area contributed by atoms with Crippen LogP contribution in [0.25, 0.3) is 0 Å². The van der Waals surface area contributed by atoms with Gasteiger partial charge in [-0.25, -0.2) is 0 Å². The van der Waals surface area contributed by atoms with Crippen LogP contribution in [0.2, 0.25) is 0 Å². The second-order valence-electron chi connectivity index (χ2n) is 4.32. The van der Waals surface area contributed by atoms with Crippen LogP contribution in [-0.4, -0.2) is 22.9 Å². The van der Waals surface area contributed by atoms with Crippen LogP contribution in [0.4, 0.5) is 8.78 Å². The molecule has 0 fully saturated rings. The monoisotopic (exact) mass is 281 g/mol. The summed E-state index contributed by atoms with van der Waals surface area (Å²) in [4.78, 5) is 0. The fourth-order valence-corrected chi connectivity index (χ4v) is 1.82. The highest BCUT2D eigenvalue weighted by atomic mass is 19.3. The minimum atomic E-state index is -2.78. The number of halogens is 2. The standard InChI is InChI=1S/C14H17F2N3O/c15-14(16)20-13-5-3-12(4-6-13)11-17-7-1-9-19-10-2-8-18-19/h2-6,8,10,14,17H,1,7,9,11H2. The average molecular weight is 281 g/mol. The highest BCUT2D eigenvalue weighted by molar-refractivity contribution is 5.27. The van der Waals surface area contributed by atoms with Crippen LogP contribution in [0.1, 0.15) is 12.0 Å². The number of hydrogen-bond acceptors (Lipinski definition) is 3. The van der Waals surface area contributed by atoms with Gasteiger partial charge in [0.25, 0.3) is 0 Å². The van der Waals surface area contributed by atoms with Crippen molar-refractivity contribution >= 4 is 0 Å². The average Bonchev–Trinajstić information content (AvgIpc) is 2.93. The first-order valence-electron chi connectivity index (χ1n) is 6.46. The van der Waals surface area contributed by atoms with Gasteiger partial charge < -0.3 is 10.1 Å². The van der Waals surface area contributed by atoms with E-state index >= 15 is 0 Å². The number of benzene rings is 1. The van der Waals surface area contributed by atoms with Crippen molar-refractivity contribution in [1.29, 1.82) is 0 Å². The smallest absolute Gasteiger partial charge is 0.387 e. The number of aromatic nitrogens is 2. The van der Waals surface area contributed by atoms with Crippen molar-refractivity contribution in [2.24, 2.45) is 0 Å². The van der Waals surface area contributed by atoms with E-state index < -0.39 is 6.61 Å². The molecule has 1 heterocycles. The molecule has 0 bridgehead atoms. The third-order valence-electron chi connectivity index (χ3n) is 2.78. The summed E-state index contributed by atoms with van der Waals surface area (Å²) in [5.74, 6) is 0.183. The Morgan fingerprint density at radius 1 is 1.25 bits per heavy atom. The topological polar surface area (TPSA) is 39.1 Å². The largest absolute Gasteiger partial charge is 0.435 e. The first-order valence-corrected chi connectivity index (χ1v) is 6.46. The number of nitrogens with zero attached hydrogens (tertiary/aromatic N) is 2. The number of alkyl halides is 2. The summed E-state index contributed by atoms with van der Waals surface area (Å²) in [6.07, 6.45) is 4.67. The summed E-state index contributed by atoms with van der Waals surface area (Å²) in [7, 11) is 0. The van der Waals surface area contributed by atoms with E-state index in [-0.39, 0.29) is 5.75 Å². The van der Waals surface area contributed by atoms with Gasteiger partial charge in [0, 0.05) is 25.5 Å². The number of hydrogen-bond donors (Lipinski definition) is 1. The van der Waals surface area contributed by atoms with E-state index in [1.807, 2.05) is 16.9 Å². The van der Waals surface area contributed by atoms with Crippen LogP contribution in [-0.2, 0) is 13.1 Å². The highest BCUT2D eigenvalue weighted by Gasteiger charge is 2.03. The fraction of sp³-hybridized carbons (Fsp3) is 0.357. The van der Waals surface area contributed by atoms with Gasteiger partial charge in [-0.05, 0) is 36.7 Å². The molecule has 0 aliphatic heterocycles. The molecule has 20 heavy (non-hydrogen) atoms. The molecule has 0 aliphatic rings. The SMILES string of the molecule is FC(F)Oc1ccc(CNCCCn2cccn2)cc1. The minimum Gasteiger partial charge on any atom is -0.435 e. The van der Waals surface area contributed by atoms with Crippen LogP contribution in [0, 0.1) is 0 Å². The van der Waals surface area contributed by atoms with Gasteiger partial charge in [-0.2, -0.15) is 13.9 Å². The molecule has 108 valence electrons. The van der Waals surface area contributed by atoms with Crippen molar-refractivity contribution in [1.82, 2.24) is 15.1 Å². The van der Waals surface area contributed by atoms with E-state index in [1.54, 1.807) is 30.5 Å². The zero-order valence-electron chi connectivity index (χ0n) is 11.0. The molecule has 1 aromatic heterocycles. The summed E-state index contributed by atoms with van der Waals surface area (Å²) in [6, 6.07) is 8.55. The lowest BCUT2D eigenvalue weighted by atomic mass is 10.2. The van der Waals surface area contributed by atoms with Crippen molar-refractivity contribution in [3.63, 3.8) is 0 Å². The molecule has 4 nitrogen and oxygen atoms in total. The summed E-state index contributed by atoms with van der Waals surface area (Å²) in [5.41, 5.74) is 1.03. The van der Waals surface area contributed by atoms with E-state index in [9.17, 15) is 8.78 Å². The Balaban J connectivity index is 1.64. The number of rotatable bonds is 8. The molecule has 2 aromatic rings. The van der Waals surface area contributed by atoms with Crippen molar-refractivity contribution in [3.05, 3.63) is 48.3 Å². The molecule has 1 N–H and O–H groups in total. The van der Waals surface area contributed by atoms with Crippen LogP contribution < -0.4 is 10.1 Å². The van der Waals surface area contributed by atoms with Crippen LogP contribution in [0.5, 0.6) is 5.75 Å². The zero-order valence-corrected chi connectivity index (χ0v) is 11.0. The fourth-order valence-electron chi connectivity index (χ4n) is 1.82. The Kier molecular flexibility index (Phi) is 5.49.